The molecule has 0 spiro atoms. The van der Waals surface area contributed by atoms with Gasteiger partial charge in [-0.2, -0.15) is 0 Å². The van der Waals surface area contributed by atoms with Crippen LogP contribution in [0.2, 0.25) is 10.0 Å². The number of nitrogens with one attached hydrogen (secondary N) is 1. The maximum absolute atomic E-state index is 12.4. The van der Waals surface area contributed by atoms with Crippen LogP contribution in [0.3, 0.4) is 0 Å². The van der Waals surface area contributed by atoms with Crippen LogP contribution in [0.4, 0.5) is 10.8 Å². The fraction of sp³-hybridized carbons (Fsp3) is 0.158. The first-order valence-electron chi connectivity index (χ1n) is 8.46. The van der Waals surface area contributed by atoms with E-state index in [1.54, 1.807) is 41.3 Å². The number of halogens is 2. The van der Waals surface area contributed by atoms with E-state index < -0.39 is 0 Å². The van der Waals surface area contributed by atoms with Crippen LogP contribution in [-0.2, 0) is 4.79 Å². The Morgan fingerprint density at radius 2 is 1.68 bits per heavy atom. The highest BCUT2D eigenvalue weighted by molar-refractivity contribution is 7.15. The lowest BCUT2D eigenvalue weighted by Crippen LogP contribution is -2.24. The molecule has 3 aromatic rings. The zero-order chi connectivity index (χ0) is 19.7. The van der Waals surface area contributed by atoms with Gasteiger partial charge in [-0.25, -0.2) is 0 Å². The second-order valence-corrected chi connectivity index (χ2v) is 8.17. The van der Waals surface area contributed by atoms with Gasteiger partial charge in [0.05, 0.1) is 0 Å². The molecule has 0 saturated carbocycles. The SMILES string of the molecule is O=C(Nc1nnc(C2CC(=O)N(c3ccc(Cl)cc3)C2)s1)c1ccc(Cl)cc1. The highest BCUT2D eigenvalue weighted by Gasteiger charge is 2.34. The predicted molar refractivity (Wildman–Crippen MR) is 110 cm³/mol. The van der Waals surface area contributed by atoms with Gasteiger partial charge < -0.3 is 4.90 Å². The number of aromatic nitrogens is 2. The Hall–Kier alpha value is -2.48. The number of hydrogen-bond donors (Lipinski definition) is 1. The molecule has 0 aliphatic carbocycles. The van der Waals surface area contributed by atoms with Crippen molar-refractivity contribution in [3.8, 4) is 0 Å². The van der Waals surface area contributed by atoms with Crippen molar-refractivity contribution >= 4 is 57.2 Å². The monoisotopic (exact) mass is 432 g/mol. The van der Waals surface area contributed by atoms with E-state index in [2.05, 4.69) is 15.5 Å². The Morgan fingerprint density at radius 3 is 2.36 bits per heavy atom. The van der Waals surface area contributed by atoms with E-state index in [0.29, 0.717) is 33.7 Å². The molecule has 2 aromatic carbocycles. The van der Waals surface area contributed by atoms with Crippen LogP contribution < -0.4 is 10.2 Å². The Balaban J connectivity index is 1.44. The number of anilines is 2. The topological polar surface area (TPSA) is 75.2 Å². The first-order chi connectivity index (χ1) is 13.5. The highest BCUT2D eigenvalue weighted by Crippen LogP contribution is 2.34. The van der Waals surface area contributed by atoms with Gasteiger partial charge in [-0.3, -0.25) is 14.9 Å². The van der Waals surface area contributed by atoms with Gasteiger partial charge in [-0.15, -0.1) is 10.2 Å². The summed E-state index contributed by atoms with van der Waals surface area (Å²) < 4.78 is 0. The van der Waals surface area contributed by atoms with Crippen LogP contribution >= 0.6 is 34.5 Å². The summed E-state index contributed by atoms with van der Waals surface area (Å²) in [6.07, 6.45) is 0.350. The molecule has 1 aliphatic rings. The quantitative estimate of drug-likeness (QED) is 0.652. The van der Waals surface area contributed by atoms with E-state index in [4.69, 9.17) is 23.2 Å². The van der Waals surface area contributed by atoms with Gasteiger partial charge in [-0.05, 0) is 48.5 Å². The summed E-state index contributed by atoms with van der Waals surface area (Å²) in [5.74, 6) is -0.333. The van der Waals surface area contributed by atoms with Gasteiger partial charge in [0.15, 0.2) is 0 Å². The first kappa shape index (κ1) is 18.9. The van der Waals surface area contributed by atoms with Gasteiger partial charge in [0.25, 0.3) is 5.91 Å². The van der Waals surface area contributed by atoms with Crippen molar-refractivity contribution in [2.24, 2.45) is 0 Å². The van der Waals surface area contributed by atoms with Crippen LogP contribution in [-0.4, -0.2) is 28.6 Å². The third-order valence-electron chi connectivity index (χ3n) is 4.38. The van der Waals surface area contributed by atoms with Crippen molar-refractivity contribution < 1.29 is 9.59 Å². The number of carbonyl (C=O) groups is 2. The van der Waals surface area contributed by atoms with Gasteiger partial charge >= 0.3 is 0 Å². The van der Waals surface area contributed by atoms with Crippen molar-refractivity contribution in [3.05, 3.63) is 69.1 Å². The molecule has 1 unspecified atom stereocenters. The summed E-state index contributed by atoms with van der Waals surface area (Å²) in [5.41, 5.74) is 1.28. The van der Waals surface area contributed by atoms with Crippen molar-refractivity contribution in [2.75, 3.05) is 16.8 Å². The summed E-state index contributed by atoms with van der Waals surface area (Å²) in [4.78, 5) is 26.4. The molecule has 1 fully saturated rings. The molecule has 142 valence electrons. The fourth-order valence-corrected chi connectivity index (χ4v) is 4.05. The molecule has 2 amide bonds. The molecular formula is C19H14Cl2N4O2S. The molecule has 1 saturated heterocycles. The number of hydrogen-bond acceptors (Lipinski definition) is 5. The molecule has 4 rings (SSSR count). The average Bonchev–Trinajstić information content (AvgIpc) is 3.29. The van der Waals surface area contributed by atoms with Crippen molar-refractivity contribution in [1.82, 2.24) is 10.2 Å². The molecule has 1 N–H and O–H groups in total. The number of benzene rings is 2. The van der Waals surface area contributed by atoms with Crippen molar-refractivity contribution in [3.63, 3.8) is 0 Å². The lowest BCUT2D eigenvalue weighted by atomic mass is 10.1. The maximum Gasteiger partial charge on any atom is 0.257 e. The molecule has 1 atom stereocenters. The van der Waals surface area contributed by atoms with E-state index in [9.17, 15) is 9.59 Å². The summed E-state index contributed by atoms with van der Waals surface area (Å²) in [6.45, 7) is 0.514. The molecule has 0 bridgehead atoms. The van der Waals surface area contributed by atoms with Gasteiger partial charge in [0.2, 0.25) is 11.0 Å². The Kier molecular flexibility index (Phi) is 5.30. The fourth-order valence-electron chi connectivity index (χ4n) is 2.96. The minimum atomic E-state index is -0.287. The van der Waals surface area contributed by atoms with Gasteiger partial charge in [-0.1, -0.05) is 34.5 Å². The molecular weight excluding hydrogens is 419 g/mol. The predicted octanol–water partition coefficient (Wildman–Crippen LogP) is 4.62. The minimum Gasteiger partial charge on any atom is -0.312 e. The lowest BCUT2D eigenvalue weighted by Gasteiger charge is -2.16. The highest BCUT2D eigenvalue weighted by atomic mass is 35.5. The van der Waals surface area contributed by atoms with Crippen LogP contribution in [0.5, 0.6) is 0 Å². The van der Waals surface area contributed by atoms with Crippen LogP contribution in [0.15, 0.2) is 48.5 Å². The van der Waals surface area contributed by atoms with Crippen LogP contribution in [0.1, 0.15) is 27.7 Å². The van der Waals surface area contributed by atoms with E-state index in [0.717, 1.165) is 10.7 Å². The summed E-state index contributed by atoms with van der Waals surface area (Å²) in [5, 5.41) is 13.2. The Labute approximate surface area is 175 Å². The number of carbonyl (C=O) groups excluding carboxylic acids is 2. The van der Waals surface area contributed by atoms with Gasteiger partial charge in [0.1, 0.15) is 5.01 Å². The Morgan fingerprint density at radius 1 is 1.04 bits per heavy atom. The lowest BCUT2D eigenvalue weighted by molar-refractivity contribution is -0.117. The zero-order valence-corrected chi connectivity index (χ0v) is 16.8. The van der Waals surface area contributed by atoms with E-state index in [1.165, 1.54) is 11.3 Å². The average molecular weight is 433 g/mol. The molecule has 1 aromatic heterocycles. The summed E-state index contributed by atoms with van der Waals surface area (Å²) >= 11 is 13.0. The van der Waals surface area contributed by atoms with Crippen LogP contribution in [0.25, 0.3) is 0 Å². The zero-order valence-electron chi connectivity index (χ0n) is 14.4. The third kappa shape index (κ3) is 4.01. The number of amides is 2. The smallest absolute Gasteiger partial charge is 0.257 e. The molecule has 1 aliphatic heterocycles. The molecule has 6 nitrogen and oxygen atoms in total. The molecule has 2 heterocycles. The Bertz CT molecular complexity index is 1020. The molecule has 9 heteroatoms. The van der Waals surface area contributed by atoms with E-state index >= 15 is 0 Å². The van der Waals surface area contributed by atoms with Crippen molar-refractivity contribution in [1.29, 1.82) is 0 Å². The molecule has 28 heavy (non-hydrogen) atoms. The second-order valence-electron chi connectivity index (χ2n) is 6.29. The number of rotatable bonds is 4. The molecule has 0 radical (unpaired) electrons. The summed E-state index contributed by atoms with van der Waals surface area (Å²) in [6, 6.07) is 13.7. The standard InChI is InChI=1S/C19H14Cl2N4O2S/c20-13-3-1-11(2-4-13)17(27)22-19-24-23-18(28-19)12-9-16(26)25(10-12)15-7-5-14(21)6-8-15/h1-8,12H,9-10H2,(H,22,24,27). The van der Waals surface area contributed by atoms with E-state index in [-0.39, 0.29) is 17.7 Å². The second kappa shape index (κ2) is 7.87. The summed E-state index contributed by atoms with van der Waals surface area (Å²) in [7, 11) is 0. The largest absolute Gasteiger partial charge is 0.312 e. The normalized spacial score (nSPS) is 16.4. The van der Waals surface area contributed by atoms with Crippen LogP contribution in [0, 0.1) is 0 Å². The minimum absolute atomic E-state index is 0.0225. The van der Waals surface area contributed by atoms with E-state index in [1.807, 2.05) is 12.1 Å². The first-order valence-corrected chi connectivity index (χ1v) is 10.0. The maximum atomic E-state index is 12.4. The van der Waals surface area contributed by atoms with Crippen molar-refractivity contribution in [2.45, 2.75) is 12.3 Å². The number of nitrogens with zero attached hydrogens (tertiary/aromatic N) is 3. The van der Waals surface area contributed by atoms with Gasteiger partial charge in [0, 0.05) is 40.2 Å². The third-order valence-corrected chi connectivity index (χ3v) is 5.89.